The van der Waals surface area contributed by atoms with Crippen LogP contribution in [0.5, 0.6) is 0 Å². The van der Waals surface area contributed by atoms with Crippen LogP contribution in [0.1, 0.15) is 226 Å². The van der Waals surface area contributed by atoms with Gasteiger partial charge in [0, 0.05) is 61.7 Å². The summed E-state index contributed by atoms with van der Waals surface area (Å²) in [5.41, 5.74) is 9.11. The number of nitrogens with one attached hydrogen (secondary N) is 3. The van der Waals surface area contributed by atoms with Gasteiger partial charge < -0.3 is 70.3 Å². The molecule has 7 aromatic rings. The molecule has 5 aliphatic heterocycles. The summed E-state index contributed by atoms with van der Waals surface area (Å²) in [5.74, 6) is -3.95. The van der Waals surface area contributed by atoms with Crippen LogP contribution in [0.4, 0.5) is 19.2 Å². The van der Waals surface area contributed by atoms with Gasteiger partial charge in [-0.3, -0.25) is 43.6 Å². The number of rotatable bonds is 22. The Morgan fingerprint density at radius 2 is 0.729 bits per heavy atom. The zero-order chi connectivity index (χ0) is 95.7. The number of ether oxygens (including phenoxy) is 7. The minimum Gasteiger partial charge on any atom is -0.870 e. The molecule has 0 aromatic heterocycles. The Morgan fingerprint density at radius 3 is 1.04 bits per heavy atom. The van der Waals surface area contributed by atoms with Crippen molar-refractivity contribution in [3.8, 4) is 0 Å². The molecule has 7 aromatic carbocycles. The maximum absolute atomic E-state index is 13.0. The summed E-state index contributed by atoms with van der Waals surface area (Å²) in [6.45, 7) is 29.6. The van der Waals surface area contributed by atoms with Gasteiger partial charge in [0.1, 0.15) is 34.5 Å². The minimum absolute atomic E-state index is 0. The van der Waals surface area contributed by atoms with Crippen LogP contribution in [0.3, 0.4) is 0 Å². The molecule has 0 saturated heterocycles. The molecule has 38 heteroatoms. The molecular weight excluding hydrogens is 1750 g/mol. The van der Waals surface area contributed by atoms with E-state index >= 15 is 0 Å². The van der Waals surface area contributed by atoms with Gasteiger partial charge in [0.2, 0.25) is 11.8 Å². The van der Waals surface area contributed by atoms with E-state index in [1.807, 2.05) is 144 Å². The van der Waals surface area contributed by atoms with Crippen molar-refractivity contribution in [2.75, 3.05) is 27.8 Å². The number of carbonyl (C=O) groups is 11. The summed E-state index contributed by atoms with van der Waals surface area (Å²) in [6.07, 6.45) is -1.15. The number of hydrogen-bond acceptors (Lipinski definition) is 24. The van der Waals surface area contributed by atoms with Gasteiger partial charge in [-0.25, -0.2) is 28.8 Å². The zero-order valence-corrected chi connectivity index (χ0v) is 81.0. The molecular formula is C95H122B2Cl2Li2N7O25. The first-order valence-electron chi connectivity index (χ1n) is 42.3. The molecule has 32 nitrogen and oxygen atoms in total. The van der Waals surface area contributed by atoms with E-state index in [0.717, 1.165) is 62.2 Å². The Labute approximate surface area is 813 Å². The average Bonchev–Trinajstić information content (AvgIpc) is 1.66. The smallest absolute Gasteiger partial charge is 0.870 e. The average molecular weight is 1870 g/mol. The van der Waals surface area contributed by atoms with E-state index < -0.39 is 101 Å². The van der Waals surface area contributed by atoms with Gasteiger partial charge in [0.05, 0.1) is 77.6 Å². The number of hydrogen-bond donors (Lipinski definition) is 5. The van der Waals surface area contributed by atoms with Crippen molar-refractivity contribution < 1.29 is 159 Å². The normalized spacial score (nSPS) is 15.7. The number of methoxy groups -OCH3 is 3. The Balaban J connectivity index is 0.000000558. The molecule has 0 spiro atoms. The molecule has 6 amide bonds. The number of carboxylic acid groups (broad SMARTS) is 2. The van der Waals surface area contributed by atoms with Crippen molar-refractivity contribution in [1.29, 1.82) is 0 Å². The summed E-state index contributed by atoms with van der Waals surface area (Å²) >= 11 is 11.8. The van der Waals surface area contributed by atoms with Crippen molar-refractivity contribution in [2.24, 2.45) is 0 Å². The van der Waals surface area contributed by atoms with Gasteiger partial charge in [-0.05, 0) is 174 Å². The molecule has 7 atom stereocenters. The summed E-state index contributed by atoms with van der Waals surface area (Å²) < 4.78 is 45.6. The summed E-state index contributed by atoms with van der Waals surface area (Å²) in [4.78, 5) is 149. The number of esters is 3. The third-order valence-electron chi connectivity index (χ3n) is 19.8. The zero-order valence-electron chi connectivity index (χ0n) is 79.5. The quantitative estimate of drug-likeness (QED) is 0.0105. The minimum atomic E-state index is -1.14. The number of carboxylic acids is 2. The first-order valence-corrected chi connectivity index (χ1v) is 43.0. The maximum atomic E-state index is 13.0. The third kappa shape index (κ3) is 38.7. The molecule has 1 radical (unpaired) electrons. The van der Waals surface area contributed by atoms with Crippen LogP contribution >= 0.6 is 23.2 Å². The molecule has 5 aliphatic rings. The summed E-state index contributed by atoms with van der Waals surface area (Å²) in [7, 11) is 6.01. The Morgan fingerprint density at radius 1 is 0.429 bits per heavy atom. The number of carbonyl (C=O) groups excluding carboxylic acids is 9. The van der Waals surface area contributed by atoms with E-state index in [0.29, 0.717) is 49.8 Å². The van der Waals surface area contributed by atoms with Gasteiger partial charge in [0.25, 0.3) is 0 Å². The Hall–Kier alpha value is -10.6. The van der Waals surface area contributed by atoms with E-state index in [9.17, 15) is 62.6 Å². The predicted molar refractivity (Wildman–Crippen MR) is 489 cm³/mol. The van der Waals surface area contributed by atoms with Crippen molar-refractivity contribution >= 4 is 104 Å². The monoisotopic (exact) mass is 1870 g/mol. The van der Waals surface area contributed by atoms with Crippen molar-refractivity contribution in [3.63, 3.8) is 0 Å². The van der Waals surface area contributed by atoms with E-state index in [2.05, 4.69) is 42.5 Å². The second-order valence-electron chi connectivity index (χ2n) is 34.0. The van der Waals surface area contributed by atoms with Gasteiger partial charge in [-0.1, -0.05) is 183 Å². The number of amides is 6. The van der Waals surface area contributed by atoms with E-state index in [1.54, 1.807) is 127 Å². The fourth-order valence-electron chi connectivity index (χ4n) is 14.2. The largest absolute Gasteiger partial charge is 1.00 e. The van der Waals surface area contributed by atoms with Crippen LogP contribution in [-0.4, -0.2) is 184 Å². The third-order valence-corrected chi connectivity index (χ3v) is 20.3. The maximum Gasteiger partial charge on any atom is 1.00 e. The van der Waals surface area contributed by atoms with Gasteiger partial charge >= 0.3 is 134 Å². The number of fused-ring (bicyclic) bond motifs is 5. The van der Waals surface area contributed by atoms with Crippen LogP contribution in [-0.2, 0) is 127 Å². The van der Waals surface area contributed by atoms with Crippen LogP contribution in [0.25, 0.3) is 0 Å². The molecule has 0 aliphatic carbocycles. The second kappa shape index (κ2) is 56.6. The molecule has 0 fully saturated rings. The van der Waals surface area contributed by atoms with E-state index in [-0.39, 0.29) is 124 Å². The van der Waals surface area contributed by atoms with E-state index in [4.69, 9.17) is 56.7 Å². The molecule has 7 N–H and O–H groups in total. The number of aliphatic carboxylic acids is 2. The van der Waals surface area contributed by atoms with Crippen molar-refractivity contribution in [1.82, 2.24) is 35.6 Å². The molecule has 5 unspecified atom stereocenters. The fourth-order valence-corrected chi connectivity index (χ4v) is 14.5. The standard InChI is InChI=1S/C25H29ClN2O5.C24H27ClN2O5.C16H21NO4.C15H19NO4.C11H13NO2.C2H5B2O3.C2H6.2Li.2H2O/c1-25(2,3)33-24(31)28-15-17-7-5-6-8-19(17)21(28)14-22(29)27-20(23(30)32-4)13-16-9-11-18(26)12-10-16;1-24(2,3)32-23(31)27-14-16-6-4-5-7-18(16)20(27)13-21(28)26-19(22(29)30)12-15-8-10-17(25)11-9-15;1-16(2,3)21-15(19)17-10-11-7-5-6-8-12(11)13(17)9-14(18)20-4;1-15(2,3)20-14(19)16-9-10-6-4-5-7-11(10)12(16)8-13(17)18;1-14-11(13)6-10-9-5-3-2-4-8(9)7-12-10;1-3-7-6-2-4-5;1-2;;;;/h5-12,20-21H,13-15H2,1-4H3,(H,27,29);4-11,19-20H,12-14H2,1-3H3,(H,26,28)(H,29,30);5-8,13H,9-10H2,1-4H3;4-7,12H,8-9H2,1-3H3,(H,17,18);2-5,10,12H,6-7H2,1H3;2H2,1H3;1-2H3;;;2*1H2/q;;;;;;;2*+1;;/p-2/t20-,21?;19-,20?;;;;;;;;;/m11........./s1. The van der Waals surface area contributed by atoms with Crippen LogP contribution < -0.4 is 53.7 Å². The Bertz CT molecular complexity index is 4960. The molecule has 5 heterocycles. The van der Waals surface area contributed by atoms with Crippen molar-refractivity contribution in [3.05, 3.63) is 247 Å². The molecule has 133 heavy (non-hydrogen) atoms. The van der Waals surface area contributed by atoms with Crippen LogP contribution in [0.15, 0.2) is 170 Å². The molecule has 12 rings (SSSR count). The van der Waals surface area contributed by atoms with Gasteiger partial charge in [-0.15, -0.1) is 0 Å². The first kappa shape index (κ1) is 118. The van der Waals surface area contributed by atoms with E-state index in [1.165, 1.54) is 49.7 Å². The molecule has 0 saturated carbocycles. The predicted octanol–water partition coefficient (Wildman–Crippen LogP) is 10.4. The number of halogens is 2. The summed E-state index contributed by atoms with van der Waals surface area (Å²) in [5, 5.41) is 28.4. The molecule has 709 valence electrons. The van der Waals surface area contributed by atoms with Gasteiger partial charge in [-0.2, -0.15) is 0 Å². The number of benzene rings is 7. The van der Waals surface area contributed by atoms with Crippen LogP contribution in [0.2, 0.25) is 16.9 Å². The topological polar surface area (TPSA) is 437 Å². The first-order chi connectivity index (χ1) is 60.9. The second-order valence-corrected chi connectivity index (χ2v) is 34.9. The van der Waals surface area contributed by atoms with Crippen LogP contribution in [0, 0.1) is 0 Å². The Kier molecular flexibility index (Phi) is 50.4. The molecule has 0 bridgehead atoms. The fraction of sp³-hybridized carbons (Fsp3) is 0.442. The number of nitrogens with zero attached hydrogens (tertiary/aromatic N) is 4. The van der Waals surface area contributed by atoms with Gasteiger partial charge in [0.15, 0.2) is 0 Å². The summed E-state index contributed by atoms with van der Waals surface area (Å²) in [6, 6.07) is 48.7. The van der Waals surface area contributed by atoms with Crippen molar-refractivity contribution in [2.45, 2.75) is 246 Å². The SMILES string of the molecule is CC.CC(C)(C)OC(=O)N1Cc2ccccc2C1CC(=O)N[C@H](Cc1ccc(Cl)cc1)C(=O)O.CC(C)(C)OC(=O)N1Cc2ccccc2C1CC(=O)O.COC(=O)CC1NCc2ccccc21.COC(=O)CC1c2ccccc2CN1C(=O)OC(C)(C)C.COC(=O)[C@@H](Cc1ccc(Cl)cc1)NC(=O)CC1c2ccccc2CN1C(=O)OC(C)(C)C.C[B]OOCB=O.[Li+].[Li+].[OH-].[OH-].